The molecular formula is C10H14ClN3O. The van der Waals surface area contributed by atoms with E-state index in [2.05, 4.69) is 5.32 Å². The molecular weight excluding hydrogens is 214 g/mol. The Morgan fingerprint density at radius 3 is 2.80 bits per heavy atom. The van der Waals surface area contributed by atoms with E-state index in [1.54, 1.807) is 18.2 Å². The lowest BCUT2D eigenvalue weighted by molar-refractivity contribution is 0.100. The fraction of sp³-hybridized carbons (Fsp3) is 0.300. The largest absolute Gasteiger partial charge is 0.383 e. The molecule has 0 aromatic heterocycles. The third kappa shape index (κ3) is 3.42. The van der Waals surface area contributed by atoms with E-state index >= 15 is 0 Å². The lowest BCUT2D eigenvalue weighted by atomic mass is 10.1. The van der Waals surface area contributed by atoms with Crippen LogP contribution in [-0.4, -0.2) is 18.5 Å². The highest BCUT2D eigenvalue weighted by atomic mass is 35.5. The van der Waals surface area contributed by atoms with Crippen LogP contribution < -0.4 is 16.8 Å². The number of anilines is 1. The molecule has 5 heteroatoms. The minimum Gasteiger partial charge on any atom is -0.383 e. The number of rotatable bonds is 4. The average molecular weight is 228 g/mol. The van der Waals surface area contributed by atoms with Crippen molar-refractivity contribution in [1.82, 2.24) is 0 Å². The molecule has 4 nitrogen and oxygen atoms in total. The molecule has 0 saturated carbocycles. The van der Waals surface area contributed by atoms with Gasteiger partial charge in [-0.25, -0.2) is 0 Å². The molecule has 0 radical (unpaired) electrons. The number of nitrogens with two attached hydrogens (primary N) is 2. The molecule has 0 fully saturated rings. The number of hydrogen-bond donors (Lipinski definition) is 3. The molecule has 0 aliphatic rings. The highest BCUT2D eigenvalue weighted by molar-refractivity contribution is 6.31. The molecule has 0 spiro atoms. The number of carbonyl (C=O) groups excluding carboxylic acids is 1. The van der Waals surface area contributed by atoms with E-state index < -0.39 is 5.91 Å². The molecule has 1 amide bonds. The maximum Gasteiger partial charge on any atom is 0.250 e. The first kappa shape index (κ1) is 11.8. The van der Waals surface area contributed by atoms with Crippen molar-refractivity contribution >= 4 is 23.2 Å². The van der Waals surface area contributed by atoms with Crippen LogP contribution in [0.4, 0.5) is 5.69 Å². The van der Waals surface area contributed by atoms with Gasteiger partial charge in [-0.2, -0.15) is 0 Å². The number of benzene rings is 1. The highest BCUT2D eigenvalue weighted by Gasteiger charge is 2.08. The van der Waals surface area contributed by atoms with E-state index in [0.29, 0.717) is 22.8 Å². The normalized spacial score (nSPS) is 12.2. The number of carbonyl (C=O) groups is 1. The first-order valence-electron chi connectivity index (χ1n) is 4.59. The van der Waals surface area contributed by atoms with Gasteiger partial charge in [0.25, 0.3) is 5.91 Å². The van der Waals surface area contributed by atoms with Crippen molar-refractivity contribution in [3.63, 3.8) is 0 Å². The number of primary amides is 1. The Bertz CT molecular complexity index is 366. The van der Waals surface area contributed by atoms with Gasteiger partial charge in [0.2, 0.25) is 0 Å². The SMILES string of the molecule is CC(N)CNc1cc(Cl)ccc1C(N)=O. The van der Waals surface area contributed by atoms with Crippen LogP contribution in [0.5, 0.6) is 0 Å². The summed E-state index contributed by atoms with van der Waals surface area (Å²) >= 11 is 5.81. The Kier molecular flexibility index (Phi) is 3.94. The topological polar surface area (TPSA) is 81.1 Å². The molecule has 0 aliphatic heterocycles. The summed E-state index contributed by atoms with van der Waals surface area (Å²) < 4.78 is 0. The molecule has 0 saturated heterocycles. The molecule has 5 N–H and O–H groups in total. The maximum absolute atomic E-state index is 11.1. The fourth-order valence-electron chi connectivity index (χ4n) is 1.15. The molecule has 0 heterocycles. The van der Waals surface area contributed by atoms with Crippen LogP contribution in [0.25, 0.3) is 0 Å². The van der Waals surface area contributed by atoms with Crippen LogP contribution in [0.2, 0.25) is 5.02 Å². The quantitative estimate of drug-likeness (QED) is 0.723. The van der Waals surface area contributed by atoms with Gasteiger partial charge in [-0.15, -0.1) is 0 Å². The summed E-state index contributed by atoms with van der Waals surface area (Å²) in [6.45, 7) is 2.42. The summed E-state index contributed by atoms with van der Waals surface area (Å²) in [7, 11) is 0. The zero-order valence-electron chi connectivity index (χ0n) is 8.46. The lowest BCUT2D eigenvalue weighted by Crippen LogP contribution is -2.26. The van der Waals surface area contributed by atoms with Gasteiger partial charge in [-0.3, -0.25) is 4.79 Å². The van der Waals surface area contributed by atoms with Crippen LogP contribution in [0.1, 0.15) is 17.3 Å². The van der Waals surface area contributed by atoms with Gasteiger partial charge in [-0.05, 0) is 25.1 Å². The minimum atomic E-state index is -0.487. The van der Waals surface area contributed by atoms with Gasteiger partial charge in [0.05, 0.1) is 5.56 Å². The van der Waals surface area contributed by atoms with Crippen LogP contribution in [0.15, 0.2) is 18.2 Å². The van der Waals surface area contributed by atoms with Crippen LogP contribution in [0.3, 0.4) is 0 Å². The van der Waals surface area contributed by atoms with E-state index in [1.165, 1.54) is 0 Å². The highest BCUT2D eigenvalue weighted by Crippen LogP contribution is 2.20. The second kappa shape index (κ2) is 5.00. The molecule has 1 atom stereocenters. The zero-order valence-corrected chi connectivity index (χ0v) is 9.21. The summed E-state index contributed by atoms with van der Waals surface area (Å²) in [5.41, 5.74) is 11.8. The summed E-state index contributed by atoms with van der Waals surface area (Å²) in [5.74, 6) is -0.487. The van der Waals surface area contributed by atoms with Crippen molar-refractivity contribution in [3.05, 3.63) is 28.8 Å². The predicted molar refractivity (Wildman–Crippen MR) is 62.1 cm³/mol. The Labute approximate surface area is 93.6 Å². The van der Waals surface area contributed by atoms with Crippen molar-refractivity contribution in [2.45, 2.75) is 13.0 Å². The van der Waals surface area contributed by atoms with E-state index in [9.17, 15) is 4.79 Å². The lowest BCUT2D eigenvalue weighted by Gasteiger charge is -2.12. The number of amides is 1. The summed E-state index contributed by atoms with van der Waals surface area (Å²) in [6, 6.07) is 4.86. The fourth-order valence-corrected chi connectivity index (χ4v) is 1.32. The van der Waals surface area contributed by atoms with E-state index in [4.69, 9.17) is 23.1 Å². The third-order valence-corrected chi connectivity index (χ3v) is 2.10. The number of hydrogen-bond acceptors (Lipinski definition) is 3. The van der Waals surface area contributed by atoms with Crippen molar-refractivity contribution in [2.75, 3.05) is 11.9 Å². The first-order valence-corrected chi connectivity index (χ1v) is 4.97. The van der Waals surface area contributed by atoms with Crippen LogP contribution in [-0.2, 0) is 0 Å². The maximum atomic E-state index is 11.1. The van der Waals surface area contributed by atoms with E-state index in [0.717, 1.165) is 0 Å². The molecule has 1 aromatic rings. The molecule has 0 bridgehead atoms. The smallest absolute Gasteiger partial charge is 0.250 e. The molecule has 1 aromatic carbocycles. The van der Waals surface area contributed by atoms with Crippen molar-refractivity contribution in [3.8, 4) is 0 Å². The summed E-state index contributed by atoms with van der Waals surface area (Å²) in [4.78, 5) is 11.1. The van der Waals surface area contributed by atoms with Gasteiger partial charge in [0, 0.05) is 23.3 Å². The van der Waals surface area contributed by atoms with E-state index in [1.807, 2.05) is 6.92 Å². The van der Waals surface area contributed by atoms with Crippen molar-refractivity contribution < 1.29 is 4.79 Å². The van der Waals surface area contributed by atoms with Crippen LogP contribution in [0, 0.1) is 0 Å². The molecule has 15 heavy (non-hydrogen) atoms. The predicted octanol–water partition coefficient (Wildman–Crippen LogP) is 1.20. The third-order valence-electron chi connectivity index (χ3n) is 1.86. The summed E-state index contributed by atoms with van der Waals surface area (Å²) in [5, 5.41) is 3.57. The van der Waals surface area contributed by atoms with Crippen LogP contribution >= 0.6 is 11.6 Å². The van der Waals surface area contributed by atoms with Gasteiger partial charge in [0.15, 0.2) is 0 Å². The molecule has 82 valence electrons. The van der Waals surface area contributed by atoms with Gasteiger partial charge >= 0.3 is 0 Å². The monoisotopic (exact) mass is 227 g/mol. The van der Waals surface area contributed by atoms with Crippen molar-refractivity contribution in [1.29, 1.82) is 0 Å². The standard InChI is InChI=1S/C10H14ClN3O/c1-6(12)5-14-9-4-7(11)2-3-8(9)10(13)15/h2-4,6,14H,5,12H2,1H3,(H2,13,15). The van der Waals surface area contributed by atoms with Gasteiger partial charge < -0.3 is 16.8 Å². The van der Waals surface area contributed by atoms with Gasteiger partial charge in [-0.1, -0.05) is 11.6 Å². The number of nitrogens with one attached hydrogen (secondary N) is 1. The van der Waals surface area contributed by atoms with Gasteiger partial charge in [0.1, 0.15) is 0 Å². The Balaban J connectivity index is 2.92. The van der Waals surface area contributed by atoms with Crippen molar-refractivity contribution in [2.24, 2.45) is 11.5 Å². The second-order valence-electron chi connectivity index (χ2n) is 3.41. The molecule has 0 aliphatic carbocycles. The molecule has 1 rings (SSSR count). The Hall–Kier alpha value is -1.26. The number of halogens is 1. The molecule has 1 unspecified atom stereocenters. The van der Waals surface area contributed by atoms with E-state index in [-0.39, 0.29) is 6.04 Å². The Morgan fingerprint density at radius 2 is 2.27 bits per heavy atom. The summed E-state index contributed by atoms with van der Waals surface area (Å²) in [6.07, 6.45) is 0. The first-order chi connectivity index (χ1) is 7.00. The second-order valence-corrected chi connectivity index (χ2v) is 3.85. The zero-order chi connectivity index (χ0) is 11.4. The average Bonchev–Trinajstić information content (AvgIpc) is 2.14. The Morgan fingerprint density at radius 1 is 1.60 bits per heavy atom. The minimum absolute atomic E-state index is 0.00953.